The first-order valence-corrected chi connectivity index (χ1v) is 7.58. The molecule has 10 nitrogen and oxygen atoms in total. The van der Waals surface area contributed by atoms with Crippen LogP contribution < -0.4 is 10.6 Å². The summed E-state index contributed by atoms with van der Waals surface area (Å²) in [6.45, 7) is 3.50. The van der Waals surface area contributed by atoms with Crippen molar-refractivity contribution in [2.45, 2.75) is 19.9 Å². The Morgan fingerprint density at radius 3 is 2.60 bits per heavy atom. The Morgan fingerprint density at radius 1 is 1.36 bits per heavy atom. The van der Waals surface area contributed by atoms with Gasteiger partial charge < -0.3 is 5.32 Å². The first kappa shape index (κ1) is 18.3. The Balaban J connectivity index is 2.15. The minimum Gasteiger partial charge on any atom is -0.340 e. The van der Waals surface area contributed by atoms with Gasteiger partial charge in [0.1, 0.15) is 12.4 Å². The van der Waals surface area contributed by atoms with Gasteiger partial charge in [-0.15, -0.1) is 0 Å². The van der Waals surface area contributed by atoms with Crippen LogP contribution in [0.4, 0.5) is 11.6 Å². The van der Waals surface area contributed by atoms with Gasteiger partial charge in [-0.3, -0.25) is 25.0 Å². The lowest BCUT2D eigenvalue weighted by Gasteiger charge is -2.21. The number of anilines is 1. The molecule has 25 heavy (non-hydrogen) atoms. The van der Waals surface area contributed by atoms with Gasteiger partial charge in [0.2, 0.25) is 11.9 Å². The fraction of sp³-hybridized carbons (Fsp3) is 0.286. The molecule has 0 saturated carbocycles. The van der Waals surface area contributed by atoms with Crippen molar-refractivity contribution in [3.05, 3.63) is 45.2 Å². The monoisotopic (exact) mass is 366 g/mol. The number of carbonyl (C=O) groups excluding carboxylic acids is 2. The molecule has 1 aromatic carbocycles. The molecule has 1 unspecified atom stereocenters. The molecular weight excluding hydrogens is 352 g/mol. The predicted molar refractivity (Wildman–Crippen MR) is 89.2 cm³/mol. The average molecular weight is 367 g/mol. The van der Waals surface area contributed by atoms with E-state index in [0.29, 0.717) is 0 Å². The maximum atomic E-state index is 12.4. The second-order valence-electron chi connectivity index (χ2n) is 5.44. The number of rotatable bonds is 6. The maximum Gasteiger partial charge on any atom is 0.270 e. The van der Waals surface area contributed by atoms with Crippen molar-refractivity contribution in [3.63, 3.8) is 0 Å². The quantitative estimate of drug-likeness (QED) is 0.525. The number of nitro groups is 1. The number of hydrogen-bond acceptors (Lipinski definition) is 6. The molecule has 0 radical (unpaired) electrons. The van der Waals surface area contributed by atoms with Gasteiger partial charge in [0.25, 0.3) is 11.6 Å². The number of H-pyrrole nitrogens is 1. The van der Waals surface area contributed by atoms with E-state index < -0.39 is 22.8 Å². The summed E-state index contributed by atoms with van der Waals surface area (Å²) in [5, 5.41) is 21.8. The van der Waals surface area contributed by atoms with Gasteiger partial charge in [-0.1, -0.05) is 25.4 Å². The first-order chi connectivity index (χ1) is 11.8. The molecule has 1 heterocycles. The number of hydrogen-bond donors (Lipinski definition) is 3. The standard InChI is InChI=1S/C14H15ClN6O4/c1-7(2)11(13(23)19-14-16-6-17-20-14)18-12(22)9-4-3-8(21(24)25)5-10(9)15/h3-7,11H,1-2H3,(H,18,22)(H2,16,17,19,20,23). The van der Waals surface area contributed by atoms with E-state index in [2.05, 4.69) is 25.8 Å². The molecule has 0 aliphatic carbocycles. The fourth-order valence-electron chi connectivity index (χ4n) is 2.02. The zero-order valence-corrected chi connectivity index (χ0v) is 14.1. The lowest BCUT2D eigenvalue weighted by molar-refractivity contribution is -0.384. The number of halogens is 1. The minimum atomic E-state index is -0.871. The zero-order valence-electron chi connectivity index (χ0n) is 13.3. The highest BCUT2D eigenvalue weighted by atomic mass is 35.5. The van der Waals surface area contributed by atoms with Crippen LogP contribution in [0.1, 0.15) is 24.2 Å². The molecule has 3 N–H and O–H groups in total. The fourth-order valence-corrected chi connectivity index (χ4v) is 2.28. The van der Waals surface area contributed by atoms with Crippen molar-refractivity contribution in [1.29, 1.82) is 0 Å². The van der Waals surface area contributed by atoms with Crippen LogP contribution in [0.3, 0.4) is 0 Å². The number of aromatic amines is 1. The van der Waals surface area contributed by atoms with Crippen molar-refractivity contribution in [2.75, 3.05) is 5.32 Å². The Kier molecular flexibility index (Phi) is 5.65. The van der Waals surface area contributed by atoms with Crippen LogP contribution in [0.25, 0.3) is 0 Å². The summed E-state index contributed by atoms with van der Waals surface area (Å²) in [7, 11) is 0. The highest BCUT2D eigenvalue weighted by Gasteiger charge is 2.26. The molecule has 1 atom stereocenters. The highest BCUT2D eigenvalue weighted by Crippen LogP contribution is 2.22. The second kappa shape index (κ2) is 7.71. The van der Waals surface area contributed by atoms with Gasteiger partial charge in [0.15, 0.2) is 0 Å². The summed E-state index contributed by atoms with van der Waals surface area (Å²) in [6, 6.07) is 2.61. The van der Waals surface area contributed by atoms with Gasteiger partial charge in [-0.25, -0.2) is 5.10 Å². The van der Waals surface area contributed by atoms with Crippen LogP contribution in [-0.4, -0.2) is 38.0 Å². The van der Waals surface area contributed by atoms with Crippen LogP contribution >= 0.6 is 11.6 Å². The molecule has 1 aromatic heterocycles. The maximum absolute atomic E-state index is 12.4. The van der Waals surface area contributed by atoms with Crippen molar-refractivity contribution in [2.24, 2.45) is 5.92 Å². The number of nitro benzene ring substituents is 1. The molecule has 0 saturated heterocycles. The number of nitrogens with zero attached hydrogens (tertiary/aromatic N) is 3. The van der Waals surface area contributed by atoms with Gasteiger partial charge in [0.05, 0.1) is 15.5 Å². The van der Waals surface area contributed by atoms with E-state index in [1.54, 1.807) is 13.8 Å². The lowest BCUT2D eigenvalue weighted by atomic mass is 10.0. The number of carbonyl (C=O) groups is 2. The van der Waals surface area contributed by atoms with E-state index in [9.17, 15) is 19.7 Å². The van der Waals surface area contributed by atoms with Crippen LogP contribution in [0.5, 0.6) is 0 Å². The molecule has 2 aromatic rings. The topological polar surface area (TPSA) is 143 Å². The zero-order chi connectivity index (χ0) is 18.6. The molecule has 2 amide bonds. The number of aromatic nitrogens is 3. The number of benzene rings is 1. The van der Waals surface area contributed by atoms with Crippen LogP contribution in [0.15, 0.2) is 24.5 Å². The van der Waals surface area contributed by atoms with E-state index in [1.807, 2.05) is 0 Å². The van der Waals surface area contributed by atoms with E-state index >= 15 is 0 Å². The van der Waals surface area contributed by atoms with Crippen molar-refractivity contribution < 1.29 is 14.5 Å². The molecule has 2 rings (SSSR count). The van der Waals surface area contributed by atoms with Crippen LogP contribution in [-0.2, 0) is 4.79 Å². The Hall–Kier alpha value is -3.01. The van der Waals surface area contributed by atoms with Crippen molar-refractivity contribution in [1.82, 2.24) is 20.5 Å². The summed E-state index contributed by atoms with van der Waals surface area (Å²) in [4.78, 5) is 38.6. The summed E-state index contributed by atoms with van der Waals surface area (Å²) in [5.74, 6) is -1.19. The average Bonchev–Trinajstić information content (AvgIpc) is 3.04. The SMILES string of the molecule is CC(C)C(NC(=O)c1ccc([N+](=O)[O-])cc1Cl)C(=O)Nc1ncn[nH]1. The predicted octanol–water partition coefficient (Wildman–Crippen LogP) is 1.76. The van der Waals surface area contributed by atoms with Crippen LogP contribution in [0.2, 0.25) is 5.02 Å². The smallest absolute Gasteiger partial charge is 0.270 e. The summed E-state index contributed by atoms with van der Waals surface area (Å²) >= 11 is 5.94. The number of nitrogens with one attached hydrogen (secondary N) is 3. The largest absolute Gasteiger partial charge is 0.340 e. The van der Waals surface area contributed by atoms with Crippen molar-refractivity contribution in [3.8, 4) is 0 Å². The van der Waals surface area contributed by atoms with Crippen LogP contribution in [0, 0.1) is 16.0 Å². The number of non-ortho nitro benzene ring substituents is 1. The van der Waals surface area contributed by atoms with E-state index in [0.717, 1.165) is 6.07 Å². The van der Waals surface area contributed by atoms with Gasteiger partial charge in [-0.2, -0.15) is 10.1 Å². The molecule has 132 valence electrons. The Labute approximate surface area is 147 Å². The van der Waals surface area contributed by atoms with E-state index in [4.69, 9.17) is 11.6 Å². The normalized spacial score (nSPS) is 11.8. The second-order valence-corrected chi connectivity index (χ2v) is 5.85. The summed E-state index contributed by atoms with van der Waals surface area (Å²) in [6.07, 6.45) is 1.23. The molecule has 0 bridgehead atoms. The summed E-state index contributed by atoms with van der Waals surface area (Å²) in [5.41, 5.74) is -0.199. The molecular formula is C14H15ClN6O4. The molecule has 0 fully saturated rings. The third-order valence-corrected chi connectivity index (χ3v) is 3.61. The highest BCUT2D eigenvalue weighted by molar-refractivity contribution is 6.34. The summed E-state index contributed by atoms with van der Waals surface area (Å²) < 4.78 is 0. The third kappa shape index (κ3) is 4.51. The third-order valence-electron chi connectivity index (χ3n) is 3.30. The van der Waals surface area contributed by atoms with Gasteiger partial charge in [-0.05, 0) is 12.0 Å². The Bertz CT molecular complexity index is 793. The van der Waals surface area contributed by atoms with Gasteiger partial charge in [0, 0.05) is 12.1 Å². The molecule has 0 spiro atoms. The molecule has 11 heteroatoms. The van der Waals surface area contributed by atoms with E-state index in [-0.39, 0.29) is 28.1 Å². The first-order valence-electron chi connectivity index (χ1n) is 7.20. The van der Waals surface area contributed by atoms with Gasteiger partial charge >= 0.3 is 0 Å². The minimum absolute atomic E-state index is 0.0328. The molecule has 0 aliphatic rings. The molecule has 0 aliphatic heterocycles. The van der Waals surface area contributed by atoms with Crippen molar-refractivity contribution >= 4 is 35.1 Å². The van der Waals surface area contributed by atoms with E-state index in [1.165, 1.54) is 18.5 Å². The Morgan fingerprint density at radius 2 is 2.08 bits per heavy atom. The lowest BCUT2D eigenvalue weighted by Crippen LogP contribution is -2.47. The number of amides is 2.